The van der Waals surface area contributed by atoms with Crippen LogP contribution in [0.5, 0.6) is 17.2 Å². The number of benzene rings is 2. The lowest BCUT2D eigenvalue weighted by Crippen LogP contribution is -2.68. The van der Waals surface area contributed by atoms with E-state index in [2.05, 4.69) is 49.8 Å². The van der Waals surface area contributed by atoms with E-state index in [4.69, 9.17) is 9.47 Å². The normalized spacial score (nSPS) is 19.2. The number of aromatic amines is 1. The van der Waals surface area contributed by atoms with Crippen LogP contribution in [-0.4, -0.2) is 78.5 Å². The van der Waals surface area contributed by atoms with Crippen molar-refractivity contribution in [1.82, 2.24) is 19.8 Å². The maximum Gasteiger partial charge on any atom is 0.153 e. The molecule has 3 aliphatic rings. The summed E-state index contributed by atoms with van der Waals surface area (Å²) in [6.45, 7) is 9.72. The lowest BCUT2D eigenvalue weighted by molar-refractivity contribution is -0.0380. The number of carbonyl (C=O) groups excluding carboxylic acids is 1. The fourth-order valence-corrected chi connectivity index (χ4v) is 6.92. The summed E-state index contributed by atoms with van der Waals surface area (Å²) < 4.78 is 11.7. The van der Waals surface area contributed by atoms with Crippen molar-refractivity contribution in [3.63, 3.8) is 0 Å². The van der Waals surface area contributed by atoms with E-state index >= 15 is 0 Å². The number of aldehydes is 1. The van der Waals surface area contributed by atoms with Crippen molar-refractivity contribution in [1.29, 1.82) is 0 Å². The lowest BCUT2D eigenvalue weighted by atomic mass is 9.60. The molecule has 4 heterocycles. The van der Waals surface area contributed by atoms with E-state index in [-0.39, 0.29) is 0 Å². The Labute approximate surface area is 240 Å². The first kappa shape index (κ1) is 26.0. The summed E-state index contributed by atoms with van der Waals surface area (Å²) in [7, 11) is 1.75. The first-order valence-electron chi connectivity index (χ1n) is 14.6. The van der Waals surface area contributed by atoms with Crippen molar-refractivity contribution >= 4 is 23.0 Å². The van der Waals surface area contributed by atoms with Gasteiger partial charge in [-0.25, -0.2) is 4.98 Å². The van der Waals surface area contributed by atoms with E-state index in [1.165, 1.54) is 24.0 Å². The highest BCUT2D eigenvalue weighted by molar-refractivity contribution is 5.82. The highest BCUT2D eigenvalue weighted by Gasteiger charge is 2.54. The van der Waals surface area contributed by atoms with Crippen LogP contribution in [0.3, 0.4) is 0 Å². The van der Waals surface area contributed by atoms with Crippen molar-refractivity contribution in [2.45, 2.75) is 32.4 Å². The van der Waals surface area contributed by atoms with Gasteiger partial charge >= 0.3 is 0 Å². The van der Waals surface area contributed by atoms with Gasteiger partial charge in [-0.1, -0.05) is 12.1 Å². The molecule has 0 unspecified atom stereocenters. The largest absolute Gasteiger partial charge is 0.496 e. The monoisotopic (exact) mass is 551 g/mol. The molecule has 4 aromatic rings. The highest BCUT2D eigenvalue weighted by Crippen LogP contribution is 2.52. The number of hydrogen-bond acceptors (Lipinski definition) is 7. The average molecular weight is 552 g/mol. The topological polar surface area (TPSA) is 73.9 Å². The van der Waals surface area contributed by atoms with Crippen LogP contribution in [0.15, 0.2) is 60.9 Å². The van der Waals surface area contributed by atoms with Crippen LogP contribution in [0.4, 0.5) is 5.69 Å². The molecule has 3 fully saturated rings. The second-order valence-corrected chi connectivity index (χ2v) is 12.1. The van der Waals surface area contributed by atoms with Crippen molar-refractivity contribution in [2.24, 2.45) is 5.41 Å². The molecule has 1 spiro atoms. The Bertz CT molecular complexity index is 1560. The standard InChI is InChI=1S/C33H37N5O3/c1-23-3-4-24(13-30(23)40-2)19-36-9-11-37(12-10-36)28-16-33(17-28)21-38(22-33)27-6-5-26(20-39)31(15-27)41-29-14-25-7-8-34-32(25)35-18-29/h3-8,13-15,18,20,28H,9-12,16-17,19,21-22H2,1-2H3,(H,34,35). The second kappa shape index (κ2) is 10.5. The van der Waals surface area contributed by atoms with E-state index < -0.39 is 0 Å². The molecule has 8 heteroatoms. The molecular weight excluding hydrogens is 514 g/mol. The number of H-pyrrole nitrogens is 1. The Morgan fingerprint density at radius 2 is 1.85 bits per heavy atom. The lowest BCUT2D eigenvalue weighted by Gasteiger charge is -2.62. The number of rotatable bonds is 8. The Kier molecular flexibility index (Phi) is 6.67. The number of fused-ring (bicyclic) bond motifs is 1. The van der Waals surface area contributed by atoms with E-state index in [9.17, 15) is 4.79 Å². The third-order valence-electron chi connectivity index (χ3n) is 9.28. The van der Waals surface area contributed by atoms with Gasteiger partial charge in [0.05, 0.1) is 18.9 Å². The summed E-state index contributed by atoms with van der Waals surface area (Å²) in [5.41, 5.74) is 5.40. The van der Waals surface area contributed by atoms with Crippen molar-refractivity contribution < 1.29 is 14.3 Å². The quantitative estimate of drug-likeness (QED) is 0.299. The van der Waals surface area contributed by atoms with Gasteiger partial charge < -0.3 is 19.4 Å². The van der Waals surface area contributed by atoms with Crippen LogP contribution in [-0.2, 0) is 6.54 Å². The number of nitrogens with zero attached hydrogens (tertiary/aromatic N) is 4. The van der Waals surface area contributed by atoms with Gasteiger partial charge in [0.1, 0.15) is 22.9 Å². The van der Waals surface area contributed by atoms with Gasteiger partial charge in [0.25, 0.3) is 0 Å². The van der Waals surface area contributed by atoms with Crippen LogP contribution in [0.25, 0.3) is 11.0 Å². The Hall–Kier alpha value is -3.88. The zero-order valence-corrected chi connectivity index (χ0v) is 23.8. The predicted octanol–water partition coefficient (Wildman–Crippen LogP) is 5.27. The van der Waals surface area contributed by atoms with Gasteiger partial charge in [-0.2, -0.15) is 0 Å². The van der Waals surface area contributed by atoms with E-state index in [0.717, 1.165) is 74.6 Å². The number of piperazine rings is 1. The average Bonchev–Trinajstić information content (AvgIpc) is 3.42. The predicted molar refractivity (Wildman–Crippen MR) is 160 cm³/mol. The van der Waals surface area contributed by atoms with Gasteiger partial charge in [-0.3, -0.25) is 14.6 Å². The molecule has 2 aromatic carbocycles. The number of nitrogens with one attached hydrogen (secondary N) is 1. The minimum Gasteiger partial charge on any atom is -0.496 e. The third kappa shape index (κ3) is 5.06. The van der Waals surface area contributed by atoms with Crippen LogP contribution < -0.4 is 14.4 Å². The minimum atomic E-state index is 0.424. The molecule has 0 radical (unpaired) electrons. The molecule has 2 aromatic heterocycles. The smallest absolute Gasteiger partial charge is 0.153 e. The summed E-state index contributed by atoms with van der Waals surface area (Å²) in [5, 5.41) is 0.976. The molecule has 1 aliphatic carbocycles. The van der Waals surface area contributed by atoms with Crippen LogP contribution in [0.2, 0.25) is 0 Å². The van der Waals surface area contributed by atoms with E-state index in [1.54, 1.807) is 13.3 Å². The molecule has 212 valence electrons. The summed E-state index contributed by atoms with van der Waals surface area (Å²) in [5.74, 6) is 2.17. The number of pyridine rings is 1. The zero-order chi connectivity index (χ0) is 28.0. The van der Waals surface area contributed by atoms with E-state index in [0.29, 0.717) is 28.5 Å². The summed E-state index contributed by atoms with van der Waals surface area (Å²) in [6.07, 6.45) is 6.95. The molecule has 7 rings (SSSR count). The van der Waals surface area contributed by atoms with Crippen molar-refractivity contribution in [2.75, 3.05) is 51.3 Å². The number of ether oxygens (including phenoxy) is 2. The number of carbonyl (C=O) groups is 1. The molecule has 2 aliphatic heterocycles. The molecule has 1 saturated carbocycles. The summed E-state index contributed by atoms with van der Waals surface area (Å²) in [4.78, 5) is 26.9. The fourth-order valence-electron chi connectivity index (χ4n) is 6.92. The molecule has 2 saturated heterocycles. The van der Waals surface area contributed by atoms with Gasteiger partial charge in [-0.05, 0) is 61.2 Å². The van der Waals surface area contributed by atoms with E-state index in [1.807, 2.05) is 36.5 Å². The molecular formula is C33H37N5O3. The Morgan fingerprint density at radius 3 is 2.63 bits per heavy atom. The SMILES string of the molecule is COc1cc(CN2CCN(C3CC4(C3)CN(c3ccc(C=O)c(Oc5cnc6[nH]ccc6c5)c3)C4)CC2)ccc1C. The number of aryl methyl sites for hydroxylation is 1. The third-order valence-corrected chi connectivity index (χ3v) is 9.28. The second-order valence-electron chi connectivity index (χ2n) is 12.1. The minimum absolute atomic E-state index is 0.424. The maximum atomic E-state index is 11.7. The maximum absolute atomic E-state index is 11.7. The molecule has 41 heavy (non-hydrogen) atoms. The van der Waals surface area contributed by atoms with Crippen LogP contribution in [0, 0.1) is 12.3 Å². The first-order valence-corrected chi connectivity index (χ1v) is 14.6. The number of aromatic nitrogens is 2. The summed E-state index contributed by atoms with van der Waals surface area (Å²) in [6, 6.07) is 17.1. The Morgan fingerprint density at radius 1 is 1.02 bits per heavy atom. The van der Waals surface area contributed by atoms with Gasteiger partial charge in [-0.15, -0.1) is 0 Å². The molecule has 0 bridgehead atoms. The van der Waals surface area contributed by atoms with Crippen molar-refractivity contribution in [3.05, 3.63) is 77.6 Å². The van der Waals surface area contributed by atoms with Gasteiger partial charge in [0.15, 0.2) is 6.29 Å². The number of methoxy groups -OCH3 is 1. The first-order chi connectivity index (χ1) is 20.0. The molecule has 1 N–H and O–H groups in total. The van der Waals surface area contributed by atoms with Gasteiger partial charge in [0, 0.05) is 80.6 Å². The van der Waals surface area contributed by atoms with Crippen LogP contribution >= 0.6 is 0 Å². The highest BCUT2D eigenvalue weighted by atomic mass is 16.5. The Balaban J connectivity index is 0.915. The molecule has 0 amide bonds. The summed E-state index contributed by atoms with van der Waals surface area (Å²) >= 11 is 0. The van der Waals surface area contributed by atoms with Gasteiger partial charge in [0.2, 0.25) is 0 Å². The molecule has 8 nitrogen and oxygen atoms in total. The number of anilines is 1. The fraction of sp³-hybridized carbons (Fsp3) is 0.394. The zero-order valence-electron chi connectivity index (χ0n) is 23.8. The van der Waals surface area contributed by atoms with Crippen molar-refractivity contribution in [3.8, 4) is 17.2 Å². The molecule has 0 atom stereocenters. The number of hydrogen-bond donors (Lipinski definition) is 1. The van der Waals surface area contributed by atoms with Crippen LogP contribution in [0.1, 0.15) is 34.3 Å².